The number of hydrogen-bond donors (Lipinski definition) is 3. The van der Waals surface area contributed by atoms with Crippen LogP contribution in [-0.2, 0) is 5.75 Å². The number of nitrogens with two attached hydrogens (primary N) is 2. The fraction of sp³-hybridized carbons (Fsp3) is 0.500. The van der Waals surface area contributed by atoms with Crippen LogP contribution in [0.5, 0.6) is 0 Å². The van der Waals surface area contributed by atoms with Crippen molar-refractivity contribution in [2.24, 2.45) is 17.5 Å². The van der Waals surface area contributed by atoms with Crippen molar-refractivity contribution in [2.45, 2.75) is 12.7 Å². The van der Waals surface area contributed by atoms with Crippen molar-refractivity contribution in [1.29, 1.82) is 0 Å². The topological polar surface area (TPSA) is 81.1 Å². The van der Waals surface area contributed by atoms with Gasteiger partial charge in [-0.15, -0.1) is 11.3 Å². The number of nitrogens with one attached hydrogen (secondary N) is 1. The average Bonchev–Trinajstić information content (AvgIpc) is 2.76. The van der Waals surface area contributed by atoms with Gasteiger partial charge in [0.1, 0.15) is 0 Å². The highest BCUT2D eigenvalue weighted by Crippen LogP contribution is 2.22. The van der Waals surface area contributed by atoms with E-state index in [0.717, 1.165) is 18.1 Å². The number of nitrogen functional groups attached to an aromatic ring is 1. The Labute approximate surface area is 104 Å². The molecular weight excluding hydrogens is 242 g/mol. The summed E-state index contributed by atoms with van der Waals surface area (Å²) in [4.78, 5) is 13.1. The molecule has 0 aliphatic rings. The van der Waals surface area contributed by atoms with Gasteiger partial charge < -0.3 is 5.73 Å². The van der Waals surface area contributed by atoms with E-state index in [0.29, 0.717) is 10.8 Å². The predicted octanol–water partition coefficient (Wildman–Crippen LogP) is 1.18. The van der Waals surface area contributed by atoms with Crippen LogP contribution in [0.1, 0.15) is 21.5 Å². The van der Waals surface area contributed by atoms with Crippen molar-refractivity contribution in [3.8, 4) is 0 Å². The van der Waals surface area contributed by atoms with E-state index in [1.165, 1.54) is 16.2 Å². The third-order valence-corrected chi connectivity index (χ3v) is 4.65. The second kappa shape index (κ2) is 6.90. The molecule has 1 heterocycles. The van der Waals surface area contributed by atoms with Crippen LogP contribution in [0.2, 0.25) is 0 Å². The molecule has 16 heavy (non-hydrogen) atoms. The molecule has 1 unspecified atom stereocenters. The lowest BCUT2D eigenvalue weighted by molar-refractivity contribution is 0.0957. The van der Waals surface area contributed by atoms with Crippen LogP contribution < -0.4 is 17.0 Å². The third-order valence-electron chi connectivity index (χ3n) is 2.07. The maximum atomic E-state index is 11.2. The summed E-state index contributed by atoms with van der Waals surface area (Å²) in [6, 6.07) is 3.77. The van der Waals surface area contributed by atoms with Gasteiger partial charge in [0.15, 0.2) is 0 Å². The monoisotopic (exact) mass is 259 g/mol. The number of hydrazine groups is 1. The molecule has 1 atom stereocenters. The van der Waals surface area contributed by atoms with Gasteiger partial charge in [-0.25, -0.2) is 5.84 Å². The highest BCUT2D eigenvalue weighted by Gasteiger charge is 2.07. The van der Waals surface area contributed by atoms with E-state index in [4.69, 9.17) is 11.6 Å². The summed E-state index contributed by atoms with van der Waals surface area (Å²) in [6.45, 7) is 2.85. The normalized spacial score (nSPS) is 12.4. The van der Waals surface area contributed by atoms with Crippen LogP contribution in [0.4, 0.5) is 0 Å². The van der Waals surface area contributed by atoms with Crippen molar-refractivity contribution in [3.05, 3.63) is 21.9 Å². The van der Waals surface area contributed by atoms with E-state index >= 15 is 0 Å². The molecule has 6 heteroatoms. The van der Waals surface area contributed by atoms with Crippen molar-refractivity contribution in [1.82, 2.24) is 5.43 Å². The van der Waals surface area contributed by atoms with Crippen molar-refractivity contribution in [2.75, 3.05) is 12.3 Å². The average molecular weight is 259 g/mol. The second-order valence-electron chi connectivity index (χ2n) is 3.60. The third kappa shape index (κ3) is 4.13. The van der Waals surface area contributed by atoms with Crippen molar-refractivity contribution in [3.63, 3.8) is 0 Å². The zero-order valence-corrected chi connectivity index (χ0v) is 10.9. The molecule has 0 saturated carbocycles. The fourth-order valence-electron chi connectivity index (χ4n) is 1.08. The number of rotatable bonds is 6. The summed E-state index contributed by atoms with van der Waals surface area (Å²) in [7, 11) is 0. The lowest BCUT2D eigenvalue weighted by Crippen LogP contribution is -2.29. The van der Waals surface area contributed by atoms with Gasteiger partial charge in [-0.1, -0.05) is 6.92 Å². The SMILES string of the molecule is CC(CN)CSCc1ccc(C(=O)NN)s1. The first-order valence-electron chi connectivity index (χ1n) is 5.04. The molecule has 1 amide bonds. The second-order valence-corrected chi connectivity index (χ2v) is 5.79. The number of thioether (sulfide) groups is 1. The van der Waals surface area contributed by atoms with Crippen LogP contribution in [0.3, 0.4) is 0 Å². The van der Waals surface area contributed by atoms with Gasteiger partial charge >= 0.3 is 0 Å². The van der Waals surface area contributed by atoms with Crippen LogP contribution in [0.15, 0.2) is 12.1 Å². The van der Waals surface area contributed by atoms with Gasteiger partial charge in [0.2, 0.25) is 0 Å². The van der Waals surface area contributed by atoms with E-state index < -0.39 is 0 Å². The molecule has 0 fully saturated rings. The van der Waals surface area contributed by atoms with Gasteiger partial charge in [-0.2, -0.15) is 11.8 Å². The maximum Gasteiger partial charge on any atom is 0.275 e. The summed E-state index contributed by atoms with van der Waals surface area (Å²) in [5, 5.41) is 0. The highest BCUT2D eigenvalue weighted by atomic mass is 32.2. The molecule has 0 saturated heterocycles. The van der Waals surface area contributed by atoms with E-state index in [2.05, 4.69) is 12.3 Å². The maximum absolute atomic E-state index is 11.2. The number of thiophene rings is 1. The lowest BCUT2D eigenvalue weighted by Gasteiger charge is -2.06. The van der Waals surface area contributed by atoms with E-state index in [-0.39, 0.29) is 5.91 Å². The summed E-state index contributed by atoms with van der Waals surface area (Å²) >= 11 is 3.32. The Morgan fingerprint density at radius 1 is 1.62 bits per heavy atom. The molecule has 90 valence electrons. The molecule has 5 N–H and O–H groups in total. The molecule has 4 nitrogen and oxygen atoms in total. The Morgan fingerprint density at radius 3 is 3.00 bits per heavy atom. The Kier molecular flexibility index (Phi) is 5.83. The summed E-state index contributed by atoms with van der Waals surface area (Å²) < 4.78 is 0. The largest absolute Gasteiger partial charge is 0.330 e. The first-order chi connectivity index (χ1) is 7.67. The fourth-order valence-corrected chi connectivity index (χ4v) is 3.22. The minimum absolute atomic E-state index is 0.225. The van der Waals surface area contributed by atoms with Gasteiger partial charge in [-0.3, -0.25) is 10.2 Å². The zero-order chi connectivity index (χ0) is 12.0. The number of hydrogen-bond acceptors (Lipinski definition) is 5. The van der Waals surface area contributed by atoms with Crippen molar-refractivity contribution >= 4 is 29.0 Å². The Bertz CT molecular complexity index is 341. The lowest BCUT2D eigenvalue weighted by atomic mass is 10.2. The van der Waals surface area contributed by atoms with Crippen LogP contribution in [0, 0.1) is 5.92 Å². The zero-order valence-electron chi connectivity index (χ0n) is 9.23. The van der Waals surface area contributed by atoms with Crippen LogP contribution >= 0.6 is 23.1 Å². The van der Waals surface area contributed by atoms with Crippen molar-refractivity contribution < 1.29 is 4.79 Å². The molecule has 0 bridgehead atoms. The molecular formula is C10H17N3OS2. The van der Waals surface area contributed by atoms with E-state index in [1.54, 1.807) is 6.07 Å². The number of carbonyl (C=O) groups is 1. The molecule has 0 aromatic carbocycles. The smallest absolute Gasteiger partial charge is 0.275 e. The summed E-state index contributed by atoms with van der Waals surface area (Å²) in [5.41, 5.74) is 7.66. The Hall–Kier alpha value is -0.560. The quantitative estimate of drug-likeness (QED) is 0.407. The molecule has 0 radical (unpaired) electrons. The summed E-state index contributed by atoms with van der Waals surface area (Å²) in [5.74, 6) is 7.34. The number of carbonyl (C=O) groups excluding carboxylic acids is 1. The Morgan fingerprint density at radius 2 is 2.38 bits per heavy atom. The minimum atomic E-state index is -0.225. The molecule has 1 rings (SSSR count). The van der Waals surface area contributed by atoms with Crippen LogP contribution in [-0.4, -0.2) is 18.2 Å². The van der Waals surface area contributed by atoms with E-state index in [9.17, 15) is 4.79 Å². The number of amides is 1. The standard InChI is InChI=1S/C10H17N3OS2/c1-7(4-11)5-15-6-8-2-3-9(16-8)10(14)13-12/h2-3,7H,4-6,11-12H2,1H3,(H,13,14). The van der Waals surface area contributed by atoms with Gasteiger partial charge in [0.25, 0.3) is 5.91 Å². The Balaban J connectivity index is 2.38. The molecule has 1 aromatic rings. The highest BCUT2D eigenvalue weighted by molar-refractivity contribution is 7.98. The first-order valence-corrected chi connectivity index (χ1v) is 7.02. The summed E-state index contributed by atoms with van der Waals surface area (Å²) in [6.07, 6.45) is 0. The van der Waals surface area contributed by atoms with Crippen LogP contribution in [0.25, 0.3) is 0 Å². The minimum Gasteiger partial charge on any atom is -0.330 e. The van der Waals surface area contributed by atoms with Gasteiger partial charge in [0.05, 0.1) is 4.88 Å². The molecule has 0 aliphatic heterocycles. The predicted molar refractivity (Wildman–Crippen MR) is 70.4 cm³/mol. The van der Waals surface area contributed by atoms with E-state index in [1.807, 2.05) is 17.8 Å². The molecule has 0 spiro atoms. The van der Waals surface area contributed by atoms with Gasteiger partial charge in [0, 0.05) is 10.6 Å². The first kappa shape index (κ1) is 13.5. The molecule has 1 aromatic heterocycles. The molecule has 0 aliphatic carbocycles. The van der Waals surface area contributed by atoms with Gasteiger partial charge in [-0.05, 0) is 30.3 Å².